The summed E-state index contributed by atoms with van der Waals surface area (Å²) < 4.78 is 41.4. The van der Waals surface area contributed by atoms with Crippen molar-refractivity contribution in [3.05, 3.63) is 209 Å². The van der Waals surface area contributed by atoms with E-state index in [0.717, 1.165) is 57.9 Å². The molecular weight excluding hydrogens is 1100 g/mol. The number of halogens is 1. The summed E-state index contributed by atoms with van der Waals surface area (Å²) in [6.45, 7) is 1.98. The van der Waals surface area contributed by atoms with E-state index in [1.165, 1.54) is 36.4 Å². The van der Waals surface area contributed by atoms with Crippen LogP contribution in [0.5, 0.6) is 0 Å². The molecular formula is C54H39FN14O5S5. The second-order valence-corrected chi connectivity index (χ2v) is 21.9. The molecule has 0 aliphatic rings. The molecule has 12 rings (SSSR count). The minimum absolute atomic E-state index is 0.0188. The van der Waals surface area contributed by atoms with Crippen molar-refractivity contribution in [3.63, 3.8) is 0 Å². The molecule has 392 valence electrons. The van der Waals surface area contributed by atoms with Crippen molar-refractivity contribution in [1.29, 1.82) is 0 Å². The van der Waals surface area contributed by atoms with Crippen molar-refractivity contribution >= 4 is 96.0 Å². The zero-order valence-electron chi connectivity index (χ0n) is 40.9. The monoisotopic (exact) mass is 1140 g/mol. The lowest BCUT2D eigenvalue weighted by Crippen LogP contribution is -2.11. The van der Waals surface area contributed by atoms with Gasteiger partial charge in [0.1, 0.15) is 21.5 Å². The van der Waals surface area contributed by atoms with E-state index in [9.17, 15) is 22.9 Å². The first-order valence-corrected chi connectivity index (χ1v) is 28.3. The Morgan fingerprint density at radius 1 is 0.570 bits per heavy atom. The quantitative estimate of drug-likeness (QED) is 0.0582. The molecule has 0 atom stereocenters. The van der Waals surface area contributed by atoms with E-state index in [1.54, 1.807) is 119 Å². The minimum Gasteiger partial charge on any atom is -0.434 e. The standard InChI is InChI=1S/C19H13N5O3.C18H13FN4S2.C17H13N5O2S3/c25-24(26)15-8-6-14(7-9-15)22-19-20-11-10-16(23-19)17-12-21-18(27-17)13-4-2-1-3-5-13;1-11-16(25-17(21-11)15-3-2-10-24-15)14-8-9-20-18(23-14)22-13-6-4-12(19)5-7-13;18-27(23,24)12-5-3-11(4-6-12)21-17-19-8-7-13(22-17)15-10-20-16(26-15)14-2-1-9-25-14/h1-12H,(H,20,22,23);2-10H,1H3,(H,20,22,23);1-10H,(H2,18,23,24)(H,19,21,22). The number of sulfonamides is 1. The van der Waals surface area contributed by atoms with Gasteiger partial charge in [-0.3, -0.25) is 10.1 Å². The summed E-state index contributed by atoms with van der Waals surface area (Å²) in [5, 5.41) is 31.0. The fraction of sp³-hybridized carbons (Fsp3) is 0.0185. The first-order valence-electron chi connectivity index (χ1n) is 23.3. The van der Waals surface area contributed by atoms with Crippen LogP contribution in [-0.2, 0) is 10.0 Å². The van der Waals surface area contributed by atoms with Gasteiger partial charge < -0.3 is 20.4 Å². The number of rotatable bonds is 14. The molecule has 0 unspecified atom stereocenters. The SMILES string of the molecule is Cc1nc(-c2cccs2)sc1-c1ccnc(Nc2ccc(F)cc2)n1.NS(=O)(=O)c1ccc(Nc2nccc(-c3cnc(-c4cccs4)s3)n2)cc1.O=[N+]([O-])c1ccc(Nc2nccc(-c3cnc(-c4ccccc4)o3)n2)cc1. The molecule has 0 fully saturated rings. The summed E-state index contributed by atoms with van der Waals surface area (Å²) >= 11 is 6.50. The maximum atomic E-state index is 13.0. The maximum absolute atomic E-state index is 13.0. The Balaban J connectivity index is 0.000000134. The number of aromatic nitrogens is 9. The number of oxazole rings is 1. The number of benzene rings is 4. The Hall–Kier alpha value is -9.37. The smallest absolute Gasteiger partial charge is 0.269 e. The van der Waals surface area contributed by atoms with Crippen molar-refractivity contribution in [2.24, 2.45) is 5.14 Å². The van der Waals surface area contributed by atoms with E-state index in [0.29, 0.717) is 46.6 Å². The van der Waals surface area contributed by atoms with Crippen LogP contribution in [0.3, 0.4) is 0 Å². The van der Waals surface area contributed by atoms with Gasteiger partial charge in [0.2, 0.25) is 33.8 Å². The van der Waals surface area contributed by atoms with Gasteiger partial charge >= 0.3 is 0 Å². The van der Waals surface area contributed by atoms with Crippen LogP contribution in [0.1, 0.15) is 5.69 Å². The number of hydrogen-bond donors (Lipinski definition) is 4. The molecule has 0 spiro atoms. The number of nitrogens with zero attached hydrogens (tertiary/aromatic N) is 10. The van der Waals surface area contributed by atoms with Crippen molar-refractivity contribution in [1.82, 2.24) is 44.9 Å². The van der Waals surface area contributed by atoms with Gasteiger partial charge in [-0.15, -0.1) is 45.3 Å². The highest BCUT2D eigenvalue weighted by Crippen LogP contribution is 2.37. The summed E-state index contributed by atoms with van der Waals surface area (Å²) in [6, 6.07) is 41.3. The molecule has 0 saturated heterocycles. The third-order valence-electron chi connectivity index (χ3n) is 10.9. The molecule has 12 aromatic rings. The molecule has 0 radical (unpaired) electrons. The van der Waals surface area contributed by atoms with Crippen LogP contribution >= 0.6 is 45.3 Å². The lowest BCUT2D eigenvalue weighted by Gasteiger charge is -2.06. The minimum atomic E-state index is -3.72. The highest BCUT2D eigenvalue weighted by molar-refractivity contribution is 7.89. The molecule has 0 aliphatic heterocycles. The molecule has 25 heteroatoms. The van der Waals surface area contributed by atoms with Gasteiger partial charge in [-0.2, -0.15) is 0 Å². The van der Waals surface area contributed by atoms with E-state index in [1.807, 2.05) is 78.3 Å². The van der Waals surface area contributed by atoms with Crippen molar-refractivity contribution in [2.45, 2.75) is 11.8 Å². The molecule has 0 saturated carbocycles. The number of thiazole rings is 2. The van der Waals surface area contributed by atoms with Crippen LogP contribution in [0.2, 0.25) is 0 Å². The first kappa shape index (κ1) is 53.0. The fourth-order valence-corrected chi connectivity index (χ4v) is 11.2. The first-order chi connectivity index (χ1) is 38.4. The Morgan fingerprint density at radius 3 is 1.70 bits per heavy atom. The number of thiophene rings is 2. The number of primary sulfonamides is 1. The van der Waals surface area contributed by atoms with Crippen LogP contribution < -0.4 is 21.1 Å². The van der Waals surface area contributed by atoms with Gasteiger partial charge in [0, 0.05) is 59.5 Å². The molecule has 79 heavy (non-hydrogen) atoms. The summed E-state index contributed by atoms with van der Waals surface area (Å²) in [7, 11) is -3.72. The molecule has 4 aromatic carbocycles. The molecule has 8 heterocycles. The van der Waals surface area contributed by atoms with Crippen LogP contribution in [0.4, 0.5) is 45.0 Å². The lowest BCUT2D eigenvalue weighted by molar-refractivity contribution is -0.384. The largest absolute Gasteiger partial charge is 0.434 e. The molecule has 8 aromatic heterocycles. The number of nitro groups is 1. The van der Waals surface area contributed by atoms with Crippen LogP contribution in [0, 0.1) is 22.9 Å². The highest BCUT2D eigenvalue weighted by atomic mass is 32.2. The Morgan fingerprint density at radius 2 is 1.11 bits per heavy atom. The van der Waals surface area contributed by atoms with E-state index in [4.69, 9.17) is 9.56 Å². The lowest BCUT2D eigenvalue weighted by atomic mass is 10.2. The zero-order valence-corrected chi connectivity index (χ0v) is 45.0. The maximum Gasteiger partial charge on any atom is 0.269 e. The predicted octanol–water partition coefficient (Wildman–Crippen LogP) is 13.7. The fourth-order valence-electron chi connectivity index (χ4n) is 7.13. The summed E-state index contributed by atoms with van der Waals surface area (Å²) in [5.74, 6) is 1.97. The average molecular weight is 1140 g/mol. The zero-order chi connectivity index (χ0) is 54.7. The Labute approximate surface area is 465 Å². The predicted molar refractivity (Wildman–Crippen MR) is 308 cm³/mol. The van der Waals surface area contributed by atoms with E-state index >= 15 is 0 Å². The van der Waals surface area contributed by atoms with Crippen LogP contribution in [0.15, 0.2) is 197 Å². The third-order valence-corrected chi connectivity index (χ3v) is 16.1. The third kappa shape index (κ3) is 13.8. The van der Waals surface area contributed by atoms with Crippen molar-refractivity contribution in [2.75, 3.05) is 16.0 Å². The van der Waals surface area contributed by atoms with Crippen molar-refractivity contribution in [3.8, 4) is 63.8 Å². The summed E-state index contributed by atoms with van der Waals surface area (Å²) in [6.07, 6.45) is 8.37. The van der Waals surface area contributed by atoms with Gasteiger partial charge in [-0.05, 0) is 121 Å². The van der Waals surface area contributed by atoms with Crippen LogP contribution in [0.25, 0.3) is 63.8 Å². The molecule has 0 aliphatic carbocycles. The normalized spacial score (nSPS) is 10.9. The summed E-state index contributed by atoms with van der Waals surface area (Å²) in [4.78, 5) is 54.1. The van der Waals surface area contributed by atoms with E-state index in [-0.39, 0.29) is 16.4 Å². The van der Waals surface area contributed by atoms with E-state index in [2.05, 4.69) is 66.9 Å². The number of non-ortho nitro benzene ring substituents is 1. The second kappa shape index (κ2) is 24.3. The second-order valence-electron chi connectivity index (χ2n) is 16.4. The number of hydrogen-bond acceptors (Lipinski definition) is 21. The number of nitrogens with one attached hydrogen (secondary N) is 3. The van der Waals surface area contributed by atoms with Gasteiger partial charge in [0.15, 0.2) is 5.76 Å². The topological polar surface area (TPSA) is 269 Å². The highest BCUT2D eigenvalue weighted by Gasteiger charge is 2.16. The number of nitro benzene ring substituents is 1. The molecule has 0 bridgehead atoms. The molecule has 0 amide bonds. The number of aryl methyl sites for hydroxylation is 1. The van der Waals surface area contributed by atoms with Gasteiger partial charge in [0.25, 0.3) is 5.69 Å². The van der Waals surface area contributed by atoms with Gasteiger partial charge in [-0.25, -0.2) is 62.8 Å². The van der Waals surface area contributed by atoms with Gasteiger partial charge in [-0.1, -0.05) is 30.3 Å². The molecule has 5 N–H and O–H groups in total. The molecule has 19 nitrogen and oxygen atoms in total. The van der Waals surface area contributed by atoms with E-state index < -0.39 is 14.9 Å². The average Bonchev–Trinajstić information content (AvgIpc) is 4.42. The van der Waals surface area contributed by atoms with Crippen molar-refractivity contribution < 1.29 is 22.1 Å². The van der Waals surface area contributed by atoms with Crippen LogP contribution in [-0.4, -0.2) is 58.2 Å². The Bertz CT molecular complexity index is 4090. The van der Waals surface area contributed by atoms with Gasteiger partial charge in [0.05, 0.1) is 52.6 Å². The number of anilines is 6. The Kier molecular flexibility index (Phi) is 16.3. The number of nitrogens with two attached hydrogens (primary N) is 1. The summed E-state index contributed by atoms with van der Waals surface area (Å²) in [5.41, 5.74) is 6.02.